The lowest BCUT2D eigenvalue weighted by molar-refractivity contribution is -0.122. The predicted octanol–water partition coefficient (Wildman–Crippen LogP) is 2.55. The van der Waals surface area contributed by atoms with Crippen LogP contribution >= 0.6 is 15.9 Å². The molecule has 0 bridgehead atoms. The highest BCUT2D eigenvalue weighted by atomic mass is 79.9. The average Bonchev–Trinajstić information content (AvgIpc) is 2.78. The second-order valence-electron chi connectivity index (χ2n) is 5.51. The van der Waals surface area contributed by atoms with E-state index in [1.54, 1.807) is 13.1 Å². The summed E-state index contributed by atoms with van der Waals surface area (Å²) in [6, 6.07) is 1.27. The molecule has 0 saturated carbocycles. The predicted molar refractivity (Wildman–Crippen MR) is 87.2 cm³/mol. The molecule has 21 heavy (non-hydrogen) atoms. The number of aryl methyl sites for hydroxylation is 1. The normalized spacial score (nSPS) is 12.3. The molecule has 118 valence electrons. The lowest BCUT2D eigenvalue weighted by atomic mass is 10.0. The molecule has 0 aliphatic carbocycles. The fraction of sp³-hybridized carbons (Fsp3) is 0.600. The highest BCUT2D eigenvalue weighted by Crippen LogP contribution is 2.16. The Labute approximate surface area is 134 Å². The first-order valence-electron chi connectivity index (χ1n) is 7.27. The zero-order chi connectivity index (χ0) is 16.0. The van der Waals surface area contributed by atoms with Gasteiger partial charge < -0.3 is 15.2 Å². The first-order valence-corrected chi connectivity index (χ1v) is 8.06. The van der Waals surface area contributed by atoms with Gasteiger partial charge in [0.2, 0.25) is 5.91 Å². The maximum Gasteiger partial charge on any atom is 0.268 e. The largest absolute Gasteiger partial charge is 0.357 e. The third kappa shape index (κ3) is 5.19. The molecule has 1 aromatic heterocycles. The standard InChI is InChI=1S/C15H24BrN3O2/c1-5-6-19-9-11(16)8-13(19)15(21)18-12(7-10(2)3)14(20)17-4/h8-10,12H,5-7H2,1-4H3,(H,17,20)(H,18,21). The van der Waals surface area contributed by atoms with Gasteiger partial charge in [0, 0.05) is 24.3 Å². The van der Waals surface area contributed by atoms with Crippen LogP contribution in [0.15, 0.2) is 16.7 Å². The van der Waals surface area contributed by atoms with E-state index in [9.17, 15) is 9.59 Å². The number of amides is 2. The van der Waals surface area contributed by atoms with Gasteiger partial charge in [-0.05, 0) is 40.8 Å². The number of aromatic nitrogens is 1. The molecule has 0 aliphatic rings. The van der Waals surface area contributed by atoms with Gasteiger partial charge in [0.05, 0.1) is 0 Å². The van der Waals surface area contributed by atoms with Crippen molar-refractivity contribution in [1.29, 1.82) is 0 Å². The first kappa shape index (κ1) is 17.8. The molecule has 5 nitrogen and oxygen atoms in total. The van der Waals surface area contributed by atoms with Crippen LogP contribution in [0.25, 0.3) is 0 Å². The summed E-state index contributed by atoms with van der Waals surface area (Å²) in [5.74, 6) is -0.0603. The Morgan fingerprint density at radius 2 is 2.05 bits per heavy atom. The van der Waals surface area contributed by atoms with Gasteiger partial charge in [0.1, 0.15) is 11.7 Å². The minimum Gasteiger partial charge on any atom is -0.357 e. The van der Waals surface area contributed by atoms with Crippen molar-refractivity contribution in [2.75, 3.05) is 7.05 Å². The van der Waals surface area contributed by atoms with Gasteiger partial charge in [-0.1, -0.05) is 20.8 Å². The minimum atomic E-state index is -0.508. The maximum absolute atomic E-state index is 12.4. The lowest BCUT2D eigenvalue weighted by Gasteiger charge is -2.19. The van der Waals surface area contributed by atoms with E-state index in [4.69, 9.17) is 0 Å². The number of rotatable bonds is 7. The number of carbonyl (C=O) groups is 2. The Morgan fingerprint density at radius 3 is 2.57 bits per heavy atom. The van der Waals surface area contributed by atoms with Gasteiger partial charge in [-0.3, -0.25) is 9.59 Å². The summed E-state index contributed by atoms with van der Waals surface area (Å²) in [6.07, 6.45) is 3.43. The van der Waals surface area contributed by atoms with E-state index in [1.807, 2.05) is 24.6 Å². The number of hydrogen-bond acceptors (Lipinski definition) is 2. The van der Waals surface area contributed by atoms with E-state index in [2.05, 4.69) is 33.5 Å². The van der Waals surface area contributed by atoms with Gasteiger partial charge in [-0.2, -0.15) is 0 Å². The molecule has 1 aromatic rings. The Morgan fingerprint density at radius 1 is 1.38 bits per heavy atom. The van der Waals surface area contributed by atoms with Gasteiger partial charge in [-0.15, -0.1) is 0 Å². The van der Waals surface area contributed by atoms with Crippen LogP contribution in [0.1, 0.15) is 44.1 Å². The van der Waals surface area contributed by atoms with E-state index in [0.717, 1.165) is 17.4 Å². The number of nitrogens with one attached hydrogen (secondary N) is 2. The van der Waals surface area contributed by atoms with Crippen LogP contribution in [0.2, 0.25) is 0 Å². The molecule has 6 heteroatoms. The van der Waals surface area contributed by atoms with Gasteiger partial charge >= 0.3 is 0 Å². The third-order valence-corrected chi connectivity index (χ3v) is 3.57. The van der Waals surface area contributed by atoms with Gasteiger partial charge in [-0.25, -0.2) is 0 Å². The number of likely N-dealkylation sites (N-methyl/N-ethyl adjacent to an activating group) is 1. The molecule has 1 heterocycles. The summed E-state index contributed by atoms with van der Waals surface area (Å²) in [6.45, 7) is 6.88. The molecular formula is C15H24BrN3O2. The summed E-state index contributed by atoms with van der Waals surface area (Å²) in [5, 5.41) is 5.44. The topological polar surface area (TPSA) is 63.1 Å². The molecule has 0 fully saturated rings. The lowest BCUT2D eigenvalue weighted by Crippen LogP contribution is -2.46. The molecule has 2 amide bonds. The molecule has 0 aromatic carbocycles. The Kier molecular flexibility index (Phi) is 6.95. The number of hydrogen-bond donors (Lipinski definition) is 2. The summed E-state index contributed by atoms with van der Waals surface area (Å²) < 4.78 is 2.76. The highest BCUT2D eigenvalue weighted by molar-refractivity contribution is 9.10. The molecule has 0 spiro atoms. The minimum absolute atomic E-state index is 0.162. The number of nitrogens with zero attached hydrogens (tertiary/aromatic N) is 1. The van der Waals surface area contributed by atoms with Crippen molar-refractivity contribution in [3.63, 3.8) is 0 Å². The average molecular weight is 358 g/mol. The van der Waals surface area contributed by atoms with Gasteiger partial charge in [0.15, 0.2) is 0 Å². The molecular weight excluding hydrogens is 334 g/mol. The molecule has 0 radical (unpaired) electrons. The summed E-state index contributed by atoms with van der Waals surface area (Å²) in [4.78, 5) is 24.3. The van der Waals surface area contributed by atoms with Crippen LogP contribution in [0.5, 0.6) is 0 Å². The summed E-state index contributed by atoms with van der Waals surface area (Å²) in [5.41, 5.74) is 0.571. The molecule has 1 atom stereocenters. The molecule has 1 unspecified atom stereocenters. The smallest absolute Gasteiger partial charge is 0.268 e. The Hall–Kier alpha value is -1.30. The number of halogens is 1. The van der Waals surface area contributed by atoms with Crippen molar-refractivity contribution < 1.29 is 9.59 Å². The van der Waals surface area contributed by atoms with Crippen molar-refractivity contribution in [3.8, 4) is 0 Å². The Balaban J connectivity index is 2.88. The summed E-state index contributed by atoms with van der Waals surface area (Å²) >= 11 is 3.39. The van der Waals surface area contributed by atoms with Crippen molar-refractivity contribution in [2.24, 2.45) is 5.92 Å². The van der Waals surface area contributed by atoms with E-state index < -0.39 is 6.04 Å². The molecule has 0 aliphatic heterocycles. The monoisotopic (exact) mass is 357 g/mol. The zero-order valence-corrected chi connectivity index (χ0v) is 14.7. The van der Waals surface area contributed by atoms with Crippen LogP contribution < -0.4 is 10.6 Å². The van der Waals surface area contributed by atoms with Crippen molar-refractivity contribution in [3.05, 3.63) is 22.4 Å². The van der Waals surface area contributed by atoms with Gasteiger partial charge in [0.25, 0.3) is 5.91 Å². The van der Waals surface area contributed by atoms with Crippen LogP contribution in [0.4, 0.5) is 0 Å². The van der Waals surface area contributed by atoms with Crippen LogP contribution in [0, 0.1) is 5.92 Å². The second-order valence-corrected chi connectivity index (χ2v) is 6.42. The van der Waals surface area contributed by atoms with Crippen molar-refractivity contribution >= 4 is 27.7 Å². The third-order valence-electron chi connectivity index (χ3n) is 3.14. The van der Waals surface area contributed by atoms with E-state index in [-0.39, 0.29) is 11.8 Å². The van der Waals surface area contributed by atoms with E-state index in [0.29, 0.717) is 18.0 Å². The molecule has 2 N–H and O–H groups in total. The molecule has 1 rings (SSSR count). The maximum atomic E-state index is 12.4. The second kappa shape index (κ2) is 8.22. The number of carbonyl (C=O) groups excluding carboxylic acids is 2. The van der Waals surface area contributed by atoms with Crippen LogP contribution in [0.3, 0.4) is 0 Å². The zero-order valence-electron chi connectivity index (χ0n) is 13.1. The molecule has 0 saturated heterocycles. The van der Waals surface area contributed by atoms with Crippen molar-refractivity contribution in [1.82, 2.24) is 15.2 Å². The first-order chi connectivity index (χ1) is 9.88. The Bertz CT molecular complexity index is 497. The van der Waals surface area contributed by atoms with E-state index >= 15 is 0 Å². The fourth-order valence-electron chi connectivity index (χ4n) is 2.20. The van der Waals surface area contributed by atoms with Crippen LogP contribution in [-0.4, -0.2) is 29.5 Å². The quantitative estimate of drug-likeness (QED) is 0.787. The highest BCUT2D eigenvalue weighted by Gasteiger charge is 2.23. The van der Waals surface area contributed by atoms with Crippen molar-refractivity contribution in [2.45, 2.75) is 46.2 Å². The van der Waals surface area contributed by atoms with E-state index in [1.165, 1.54) is 0 Å². The fourth-order valence-corrected chi connectivity index (χ4v) is 2.66. The SMILES string of the molecule is CCCn1cc(Br)cc1C(=O)NC(CC(C)C)C(=O)NC. The van der Waals surface area contributed by atoms with Crippen LogP contribution in [-0.2, 0) is 11.3 Å². The summed E-state index contributed by atoms with van der Waals surface area (Å²) in [7, 11) is 1.58.